The van der Waals surface area contributed by atoms with Crippen molar-refractivity contribution in [2.24, 2.45) is 5.84 Å². The standard InChI is InChI=1S/C15H27N3O/c1-6-15(7-2,18(3)4)14(17-16)12-8-10-13(19-5)11-9-12/h8-11,14,17H,6-7,16H2,1-5H3. The maximum Gasteiger partial charge on any atom is 0.118 e. The van der Waals surface area contributed by atoms with Crippen molar-refractivity contribution in [1.29, 1.82) is 0 Å². The molecule has 0 fully saturated rings. The third-order valence-corrected chi connectivity index (χ3v) is 4.27. The summed E-state index contributed by atoms with van der Waals surface area (Å²) in [6.07, 6.45) is 2.05. The highest BCUT2D eigenvalue weighted by atomic mass is 16.5. The van der Waals surface area contributed by atoms with Gasteiger partial charge in [-0.2, -0.15) is 0 Å². The van der Waals surface area contributed by atoms with Crippen LogP contribution in [0.1, 0.15) is 38.3 Å². The van der Waals surface area contributed by atoms with Gasteiger partial charge in [0.15, 0.2) is 0 Å². The number of hydrogen-bond acceptors (Lipinski definition) is 4. The SMILES string of the molecule is CCC(CC)(C(NN)c1ccc(OC)cc1)N(C)C. The molecule has 0 bridgehead atoms. The molecule has 1 rings (SSSR count). The fourth-order valence-corrected chi connectivity index (χ4v) is 2.91. The number of ether oxygens (including phenoxy) is 1. The fourth-order valence-electron chi connectivity index (χ4n) is 2.91. The first-order valence-corrected chi connectivity index (χ1v) is 6.83. The lowest BCUT2D eigenvalue weighted by molar-refractivity contribution is 0.0882. The Kier molecular flexibility index (Phi) is 5.79. The van der Waals surface area contributed by atoms with Gasteiger partial charge in [0.2, 0.25) is 0 Å². The zero-order chi connectivity index (χ0) is 14.5. The summed E-state index contributed by atoms with van der Waals surface area (Å²) >= 11 is 0. The number of hydrazine groups is 1. The van der Waals surface area contributed by atoms with E-state index >= 15 is 0 Å². The van der Waals surface area contributed by atoms with E-state index in [1.165, 1.54) is 5.56 Å². The second-order valence-corrected chi connectivity index (χ2v) is 5.08. The quantitative estimate of drug-likeness (QED) is 0.587. The molecular formula is C15H27N3O. The smallest absolute Gasteiger partial charge is 0.118 e. The van der Waals surface area contributed by atoms with Crippen molar-refractivity contribution in [2.45, 2.75) is 38.3 Å². The summed E-state index contributed by atoms with van der Waals surface area (Å²) in [7, 11) is 5.90. The van der Waals surface area contributed by atoms with Crippen LogP contribution in [0.5, 0.6) is 5.75 Å². The van der Waals surface area contributed by atoms with Crippen LogP contribution in [-0.4, -0.2) is 31.6 Å². The molecule has 19 heavy (non-hydrogen) atoms. The normalized spacial score (nSPS) is 13.6. The number of benzene rings is 1. The fraction of sp³-hybridized carbons (Fsp3) is 0.600. The number of hydrogen-bond donors (Lipinski definition) is 2. The second-order valence-electron chi connectivity index (χ2n) is 5.08. The molecule has 1 aromatic rings. The monoisotopic (exact) mass is 265 g/mol. The van der Waals surface area contributed by atoms with Crippen LogP contribution in [-0.2, 0) is 0 Å². The van der Waals surface area contributed by atoms with Crippen LogP contribution in [0.15, 0.2) is 24.3 Å². The van der Waals surface area contributed by atoms with Crippen LogP contribution in [0.2, 0.25) is 0 Å². The van der Waals surface area contributed by atoms with Crippen molar-refractivity contribution in [3.05, 3.63) is 29.8 Å². The Hall–Kier alpha value is -1.10. The first kappa shape index (κ1) is 16.0. The summed E-state index contributed by atoms with van der Waals surface area (Å²) in [5, 5.41) is 0. The minimum Gasteiger partial charge on any atom is -0.497 e. The van der Waals surface area contributed by atoms with E-state index in [0.717, 1.165) is 18.6 Å². The van der Waals surface area contributed by atoms with Crippen LogP contribution in [0.3, 0.4) is 0 Å². The highest BCUT2D eigenvalue weighted by molar-refractivity contribution is 5.31. The summed E-state index contributed by atoms with van der Waals surface area (Å²) in [5.74, 6) is 6.71. The van der Waals surface area contributed by atoms with Crippen LogP contribution in [0.25, 0.3) is 0 Å². The van der Waals surface area contributed by atoms with Crippen molar-refractivity contribution < 1.29 is 4.74 Å². The Labute approximate surface area is 116 Å². The molecule has 0 saturated heterocycles. The van der Waals surface area contributed by atoms with Crippen molar-refractivity contribution in [2.75, 3.05) is 21.2 Å². The zero-order valence-corrected chi connectivity index (χ0v) is 12.7. The lowest BCUT2D eigenvalue weighted by atomic mass is 9.80. The first-order valence-electron chi connectivity index (χ1n) is 6.83. The highest BCUT2D eigenvalue weighted by Crippen LogP contribution is 2.35. The molecule has 4 heteroatoms. The number of methoxy groups -OCH3 is 1. The van der Waals surface area contributed by atoms with Gasteiger partial charge < -0.3 is 9.64 Å². The third-order valence-electron chi connectivity index (χ3n) is 4.27. The zero-order valence-electron chi connectivity index (χ0n) is 12.7. The Morgan fingerprint density at radius 1 is 1.21 bits per heavy atom. The summed E-state index contributed by atoms with van der Waals surface area (Å²) < 4.78 is 5.21. The minimum atomic E-state index is 0.00331. The van der Waals surface area contributed by atoms with E-state index in [1.54, 1.807) is 7.11 Å². The first-order chi connectivity index (χ1) is 9.05. The summed E-state index contributed by atoms with van der Waals surface area (Å²) in [6.45, 7) is 4.41. The average molecular weight is 265 g/mol. The van der Waals surface area contributed by atoms with Gasteiger partial charge in [0.1, 0.15) is 5.75 Å². The number of nitrogens with two attached hydrogens (primary N) is 1. The highest BCUT2D eigenvalue weighted by Gasteiger charge is 2.38. The van der Waals surface area contributed by atoms with Gasteiger partial charge in [-0.3, -0.25) is 11.3 Å². The van der Waals surface area contributed by atoms with Gasteiger partial charge in [0.25, 0.3) is 0 Å². The van der Waals surface area contributed by atoms with Gasteiger partial charge in [0, 0.05) is 5.54 Å². The molecule has 0 heterocycles. The van der Waals surface area contributed by atoms with E-state index in [9.17, 15) is 0 Å². The molecule has 108 valence electrons. The summed E-state index contributed by atoms with van der Waals surface area (Å²) in [4.78, 5) is 2.27. The number of rotatable bonds is 7. The van der Waals surface area contributed by atoms with Gasteiger partial charge in [0.05, 0.1) is 13.2 Å². The topological polar surface area (TPSA) is 50.5 Å². The molecule has 0 spiro atoms. The lowest BCUT2D eigenvalue weighted by Gasteiger charge is -2.45. The van der Waals surface area contributed by atoms with Gasteiger partial charge in [-0.05, 0) is 44.6 Å². The summed E-state index contributed by atoms with van der Waals surface area (Å²) in [6, 6.07) is 8.19. The molecule has 0 saturated carbocycles. The Bertz CT molecular complexity index is 371. The van der Waals surface area contributed by atoms with Gasteiger partial charge in [-0.1, -0.05) is 26.0 Å². The Balaban J connectivity index is 3.15. The van der Waals surface area contributed by atoms with Crippen LogP contribution < -0.4 is 16.0 Å². The molecular weight excluding hydrogens is 238 g/mol. The predicted octanol–water partition coefficient (Wildman–Crippen LogP) is 2.32. The number of nitrogens with zero attached hydrogens (tertiary/aromatic N) is 1. The molecule has 0 aliphatic carbocycles. The average Bonchev–Trinajstić information content (AvgIpc) is 2.44. The van der Waals surface area contributed by atoms with Gasteiger partial charge in [-0.15, -0.1) is 0 Å². The maximum absolute atomic E-state index is 5.84. The molecule has 0 aromatic heterocycles. The third kappa shape index (κ3) is 3.08. The van der Waals surface area contributed by atoms with E-state index < -0.39 is 0 Å². The number of likely N-dealkylation sites (N-methyl/N-ethyl adjacent to an activating group) is 1. The molecule has 4 nitrogen and oxygen atoms in total. The van der Waals surface area contributed by atoms with E-state index in [-0.39, 0.29) is 11.6 Å². The lowest BCUT2D eigenvalue weighted by Crippen LogP contribution is -2.54. The molecule has 3 N–H and O–H groups in total. The molecule has 0 aliphatic rings. The van der Waals surface area contributed by atoms with Crippen LogP contribution in [0, 0.1) is 0 Å². The Morgan fingerprint density at radius 2 is 1.74 bits per heavy atom. The van der Waals surface area contributed by atoms with E-state index in [4.69, 9.17) is 10.6 Å². The van der Waals surface area contributed by atoms with Crippen molar-refractivity contribution in [3.63, 3.8) is 0 Å². The largest absolute Gasteiger partial charge is 0.497 e. The number of nitrogens with one attached hydrogen (secondary N) is 1. The molecule has 1 aromatic carbocycles. The molecule has 1 atom stereocenters. The Morgan fingerprint density at radius 3 is 2.05 bits per heavy atom. The molecule has 0 amide bonds. The molecule has 0 radical (unpaired) electrons. The van der Waals surface area contributed by atoms with E-state index in [1.807, 2.05) is 12.1 Å². The van der Waals surface area contributed by atoms with Gasteiger partial charge >= 0.3 is 0 Å². The molecule has 0 aliphatic heterocycles. The van der Waals surface area contributed by atoms with Crippen LogP contribution in [0.4, 0.5) is 0 Å². The predicted molar refractivity (Wildman–Crippen MR) is 80.1 cm³/mol. The van der Waals surface area contributed by atoms with E-state index in [2.05, 4.69) is 50.4 Å². The van der Waals surface area contributed by atoms with Crippen molar-refractivity contribution in [3.8, 4) is 5.75 Å². The minimum absolute atomic E-state index is 0.00331. The maximum atomic E-state index is 5.84. The van der Waals surface area contributed by atoms with Crippen molar-refractivity contribution >= 4 is 0 Å². The molecule has 1 unspecified atom stereocenters. The van der Waals surface area contributed by atoms with Gasteiger partial charge in [-0.25, -0.2) is 0 Å². The second kappa shape index (κ2) is 6.89. The summed E-state index contributed by atoms with van der Waals surface area (Å²) in [5.41, 5.74) is 4.18. The van der Waals surface area contributed by atoms with E-state index in [0.29, 0.717) is 0 Å². The van der Waals surface area contributed by atoms with Crippen LogP contribution >= 0.6 is 0 Å². The van der Waals surface area contributed by atoms with Crippen molar-refractivity contribution in [1.82, 2.24) is 10.3 Å².